The molecular formula is C25H22N2O5S. The highest BCUT2D eigenvalue weighted by Gasteiger charge is 2.26. The van der Waals surface area contributed by atoms with Gasteiger partial charge in [-0.2, -0.15) is 0 Å². The van der Waals surface area contributed by atoms with Gasteiger partial charge in [-0.1, -0.05) is 36.4 Å². The largest absolute Gasteiger partial charge is 0.464 e. The van der Waals surface area contributed by atoms with Gasteiger partial charge in [0, 0.05) is 37.1 Å². The van der Waals surface area contributed by atoms with Crippen LogP contribution in [-0.4, -0.2) is 60.4 Å². The van der Waals surface area contributed by atoms with E-state index in [2.05, 4.69) is 0 Å². The van der Waals surface area contributed by atoms with Gasteiger partial charge in [0.25, 0.3) is 11.8 Å². The number of rotatable bonds is 5. The zero-order valence-corrected chi connectivity index (χ0v) is 18.7. The molecule has 2 aromatic heterocycles. The van der Waals surface area contributed by atoms with E-state index in [9.17, 15) is 14.4 Å². The lowest BCUT2D eigenvalue weighted by Gasteiger charge is -2.34. The van der Waals surface area contributed by atoms with Gasteiger partial charge in [-0.25, -0.2) is 0 Å². The van der Waals surface area contributed by atoms with Crippen molar-refractivity contribution in [3.63, 3.8) is 0 Å². The SMILES string of the molecule is O=C(Cc1coc2ccc3ccccc3c12)OCC(=O)N1CCN(C(=O)c2cccs2)CC1. The first-order valence-corrected chi connectivity index (χ1v) is 11.6. The molecule has 1 fully saturated rings. The molecule has 33 heavy (non-hydrogen) atoms. The molecule has 0 saturated carbocycles. The third-order valence-electron chi connectivity index (χ3n) is 5.88. The summed E-state index contributed by atoms with van der Waals surface area (Å²) < 4.78 is 10.9. The molecule has 4 aromatic rings. The minimum Gasteiger partial charge on any atom is -0.464 e. The van der Waals surface area contributed by atoms with Crippen molar-refractivity contribution in [2.75, 3.05) is 32.8 Å². The van der Waals surface area contributed by atoms with Crippen molar-refractivity contribution >= 4 is 50.9 Å². The molecule has 8 heteroatoms. The highest BCUT2D eigenvalue weighted by molar-refractivity contribution is 7.12. The Morgan fingerprint density at radius 2 is 1.73 bits per heavy atom. The molecule has 0 N–H and O–H groups in total. The summed E-state index contributed by atoms with van der Waals surface area (Å²) in [5.74, 6) is -0.747. The fourth-order valence-corrected chi connectivity index (χ4v) is 4.85. The highest BCUT2D eigenvalue weighted by atomic mass is 32.1. The van der Waals surface area contributed by atoms with Crippen LogP contribution in [0.25, 0.3) is 21.7 Å². The molecule has 2 aromatic carbocycles. The van der Waals surface area contributed by atoms with Crippen LogP contribution >= 0.6 is 11.3 Å². The van der Waals surface area contributed by atoms with Crippen LogP contribution in [-0.2, 0) is 20.7 Å². The zero-order chi connectivity index (χ0) is 22.8. The Morgan fingerprint density at radius 3 is 2.52 bits per heavy atom. The molecule has 2 amide bonds. The second-order valence-corrected chi connectivity index (χ2v) is 8.86. The van der Waals surface area contributed by atoms with Gasteiger partial charge in [0.1, 0.15) is 5.58 Å². The number of furan rings is 1. The molecule has 0 radical (unpaired) electrons. The number of fused-ring (bicyclic) bond motifs is 3. The molecule has 0 unspecified atom stereocenters. The number of thiophene rings is 1. The number of ether oxygens (including phenoxy) is 1. The first-order chi connectivity index (χ1) is 16.1. The van der Waals surface area contributed by atoms with E-state index in [-0.39, 0.29) is 24.8 Å². The minimum absolute atomic E-state index is 0.0108. The van der Waals surface area contributed by atoms with Crippen molar-refractivity contribution in [1.82, 2.24) is 9.80 Å². The lowest BCUT2D eigenvalue weighted by atomic mass is 10.0. The molecule has 0 aliphatic carbocycles. The van der Waals surface area contributed by atoms with E-state index in [1.165, 1.54) is 11.3 Å². The van der Waals surface area contributed by atoms with E-state index in [1.54, 1.807) is 22.1 Å². The van der Waals surface area contributed by atoms with E-state index in [1.807, 2.05) is 47.8 Å². The Morgan fingerprint density at radius 1 is 0.939 bits per heavy atom. The number of carbonyl (C=O) groups excluding carboxylic acids is 3. The van der Waals surface area contributed by atoms with Crippen LogP contribution < -0.4 is 0 Å². The van der Waals surface area contributed by atoms with Crippen molar-refractivity contribution in [3.05, 3.63) is 70.6 Å². The number of nitrogens with zero attached hydrogens (tertiary/aromatic N) is 2. The number of benzene rings is 2. The minimum atomic E-state index is -0.481. The first-order valence-electron chi connectivity index (χ1n) is 10.7. The summed E-state index contributed by atoms with van der Waals surface area (Å²) in [7, 11) is 0. The molecule has 1 aliphatic rings. The van der Waals surface area contributed by atoms with E-state index in [4.69, 9.17) is 9.15 Å². The smallest absolute Gasteiger partial charge is 0.310 e. The van der Waals surface area contributed by atoms with Crippen molar-refractivity contribution in [2.24, 2.45) is 0 Å². The van der Waals surface area contributed by atoms with Crippen LogP contribution in [0.5, 0.6) is 0 Å². The van der Waals surface area contributed by atoms with Crippen LogP contribution in [0.4, 0.5) is 0 Å². The number of hydrogen-bond donors (Lipinski definition) is 0. The van der Waals surface area contributed by atoms with Crippen LogP contribution in [0.1, 0.15) is 15.2 Å². The average molecular weight is 463 g/mol. The predicted octanol–water partition coefficient (Wildman–Crippen LogP) is 3.72. The molecule has 3 heterocycles. The average Bonchev–Trinajstić information content (AvgIpc) is 3.53. The summed E-state index contributed by atoms with van der Waals surface area (Å²) in [4.78, 5) is 41.5. The number of piperazine rings is 1. The normalized spacial score (nSPS) is 14.1. The maximum atomic E-state index is 12.5. The summed E-state index contributed by atoms with van der Waals surface area (Å²) in [5.41, 5.74) is 1.45. The predicted molar refractivity (Wildman–Crippen MR) is 125 cm³/mol. The lowest BCUT2D eigenvalue weighted by molar-refractivity contribution is -0.152. The van der Waals surface area contributed by atoms with Gasteiger partial charge < -0.3 is 19.0 Å². The molecule has 7 nitrogen and oxygen atoms in total. The number of carbonyl (C=O) groups is 3. The molecule has 0 spiro atoms. The molecule has 0 bridgehead atoms. The number of amides is 2. The lowest BCUT2D eigenvalue weighted by Crippen LogP contribution is -2.51. The van der Waals surface area contributed by atoms with E-state index in [0.717, 1.165) is 21.7 Å². The Bertz CT molecular complexity index is 1320. The summed E-state index contributed by atoms with van der Waals surface area (Å²) >= 11 is 1.41. The number of esters is 1. The van der Waals surface area contributed by atoms with Crippen molar-refractivity contribution < 1.29 is 23.5 Å². The van der Waals surface area contributed by atoms with Crippen LogP contribution in [0.3, 0.4) is 0 Å². The van der Waals surface area contributed by atoms with Crippen molar-refractivity contribution in [1.29, 1.82) is 0 Å². The summed E-state index contributed by atoms with van der Waals surface area (Å²) in [6.45, 7) is 1.46. The zero-order valence-electron chi connectivity index (χ0n) is 17.9. The van der Waals surface area contributed by atoms with Gasteiger partial charge >= 0.3 is 5.97 Å². The molecule has 1 saturated heterocycles. The van der Waals surface area contributed by atoms with E-state index in [0.29, 0.717) is 36.6 Å². The Hall–Kier alpha value is -3.65. The van der Waals surface area contributed by atoms with Crippen LogP contribution in [0.15, 0.2) is 64.6 Å². The summed E-state index contributed by atoms with van der Waals surface area (Å²) in [5, 5.41) is 4.84. The molecule has 5 rings (SSSR count). The van der Waals surface area contributed by atoms with Gasteiger partial charge in [-0.3, -0.25) is 14.4 Å². The second kappa shape index (κ2) is 9.07. The van der Waals surface area contributed by atoms with Gasteiger partial charge in [-0.15, -0.1) is 11.3 Å². The fourth-order valence-electron chi connectivity index (χ4n) is 4.16. The molecule has 168 valence electrons. The Balaban J connectivity index is 1.16. The maximum absolute atomic E-state index is 12.5. The van der Waals surface area contributed by atoms with Gasteiger partial charge in [0.2, 0.25) is 0 Å². The van der Waals surface area contributed by atoms with Crippen LogP contribution in [0.2, 0.25) is 0 Å². The van der Waals surface area contributed by atoms with Gasteiger partial charge in [0.15, 0.2) is 6.61 Å². The topological polar surface area (TPSA) is 80.1 Å². The Kier molecular flexibility index (Phi) is 5.83. The summed E-state index contributed by atoms with van der Waals surface area (Å²) in [6.07, 6.45) is 1.60. The monoisotopic (exact) mass is 462 g/mol. The standard InChI is InChI=1S/C25H22N2O5S/c28-22(26-9-11-27(12-10-26)25(30)21-6-3-13-33-21)16-32-23(29)14-18-15-31-20-8-7-17-4-1-2-5-19(17)24(18)20/h1-8,13,15H,9-12,14,16H2. The fraction of sp³-hybridized carbons (Fsp3) is 0.240. The molecule has 1 aliphatic heterocycles. The van der Waals surface area contributed by atoms with E-state index < -0.39 is 5.97 Å². The highest BCUT2D eigenvalue weighted by Crippen LogP contribution is 2.30. The molecule has 0 atom stereocenters. The van der Waals surface area contributed by atoms with Gasteiger partial charge in [0.05, 0.1) is 17.6 Å². The number of hydrogen-bond acceptors (Lipinski definition) is 6. The van der Waals surface area contributed by atoms with E-state index >= 15 is 0 Å². The molecular weight excluding hydrogens is 440 g/mol. The van der Waals surface area contributed by atoms with Crippen molar-refractivity contribution in [2.45, 2.75) is 6.42 Å². The first kappa shape index (κ1) is 21.2. The maximum Gasteiger partial charge on any atom is 0.310 e. The van der Waals surface area contributed by atoms with Gasteiger partial charge in [-0.05, 0) is 28.3 Å². The quantitative estimate of drug-likeness (QED) is 0.423. The Labute approximate surface area is 194 Å². The van der Waals surface area contributed by atoms with Crippen molar-refractivity contribution in [3.8, 4) is 0 Å². The third kappa shape index (κ3) is 4.34. The summed E-state index contributed by atoms with van der Waals surface area (Å²) in [6, 6.07) is 15.4. The third-order valence-corrected chi connectivity index (χ3v) is 6.74. The second-order valence-electron chi connectivity index (χ2n) is 7.91. The van der Waals surface area contributed by atoms with Crippen LogP contribution in [0, 0.1) is 0 Å².